The Kier molecular flexibility index (Phi) is 5.06. The molecule has 0 N–H and O–H groups in total. The lowest BCUT2D eigenvalue weighted by atomic mass is 9.70. The van der Waals surface area contributed by atoms with E-state index in [9.17, 15) is 14.4 Å². The Bertz CT molecular complexity index is 1110. The van der Waals surface area contributed by atoms with Crippen LogP contribution in [0.25, 0.3) is 10.2 Å². The number of carbonyl (C=O) groups excluding carboxylic acids is 3. The fraction of sp³-hybridized carbons (Fsp3) is 0.333. The zero-order valence-corrected chi connectivity index (χ0v) is 17.8. The third-order valence-electron chi connectivity index (χ3n) is 6.25. The van der Waals surface area contributed by atoms with Crippen LogP contribution < -0.4 is 0 Å². The number of nitrogens with zero attached hydrogens (tertiary/aromatic N) is 2. The first-order chi connectivity index (χ1) is 15.0. The van der Waals surface area contributed by atoms with Crippen LogP contribution in [0, 0.1) is 5.41 Å². The highest BCUT2D eigenvalue weighted by Crippen LogP contribution is 2.43. The van der Waals surface area contributed by atoms with Gasteiger partial charge in [0.25, 0.3) is 11.8 Å². The summed E-state index contributed by atoms with van der Waals surface area (Å²) < 4.78 is 1.14. The summed E-state index contributed by atoms with van der Waals surface area (Å²) in [5.41, 5.74) is 1.24. The Morgan fingerprint density at radius 2 is 1.61 bits per heavy atom. The van der Waals surface area contributed by atoms with Crippen LogP contribution in [0.15, 0.2) is 48.5 Å². The van der Waals surface area contributed by atoms with Crippen LogP contribution >= 0.6 is 11.3 Å². The van der Waals surface area contributed by atoms with Gasteiger partial charge in [0.2, 0.25) is 0 Å². The number of rotatable bonds is 5. The number of imide groups is 1. The minimum absolute atomic E-state index is 0.163. The molecule has 1 saturated carbocycles. The molecule has 0 unspecified atom stereocenters. The Hall–Kier alpha value is -3.06. The van der Waals surface area contributed by atoms with Gasteiger partial charge in [-0.25, -0.2) is 9.78 Å². The van der Waals surface area contributed by atoms with Crippen LogP contribution in [0.4, 0.5) is 0 Å². The summed E-state index contributed by atoms with van der Waals surface area (Å²) in [6, 6.07) is 14.5. The van der Waals surface area contributed by atoms with Gasteiger partial charge in [-0.1, -0.05) is 48.6 Å². The summed E-state index contributed by atoms with van der Waals surface area (Å²) in [5, 5.41) is 1.62. The van der Waals surface area contributed by atoms with Crippen molar-refractivity contribution in [1.82, 2.24) is 10.0 Å². The number of aromatic nitrogens is 1. The average molecular weight is 435 g/mol. The van der Waals surface area contributed by atoms with Crippen molar-refractivity contribution in [3.8, 4) is 0 Å². The van der Waals surface area contributed by atoms with Gasteiger partial charge < -0.3 is 4.84 Å². The van der Waals surface area contributed by atoms with E-state index >= 15 is 0 Å². The summed E-state index contributed by atoms with van der Waals surface area (Å²) in [6.45, 7) is 0. The first-order valence-electron chi connectivity index (χ1n) is 10.6. The van der Waals surface area contributed by atoms with Gasteiger partial charge in [0.15, 0.2) is 0 Å². The second-order valence-corrected chi connectivity index (χ2v) is 9.52. The molecule has 2 heterocycles. The van der Waals surface area contributed by atoms with Gasteiger partial charge in [-0.05, 0) is 42.5 Å². The maximum atomic E-state index is 12.9. The summed E-state index contributed by atoms with van der Waals surface area (Å²) in [4.78, 5) is 48.0. The molecule has 1 aromatic heterocycles. The van der Waals surface area contributed by atoms with E-state index in [0.29, 0.717) is 11.5 Å². The smallest absolute Gasteiger partial charge is 0.330 e. The molecule has 6 nitrogen and oxygen atoms in total. The second-order valence-electron chi connectivity index (χ2n) is 8.40. The monoisotopic (exact) mass is 434 g/mol. The third kappa shape index (κ3) is 3.74. The highest BCUT2D eigenvalue weighted by Gasteiger charge is 2.41. The Morgan fingerprint density at radius 1 is 0.968 bits per heavy atom. The fourth-order valence-corrected chi connectivity index (χ4v) is 5.87. The van der Waals surface area contributed by atoms with Crippen LogP contribution in [0.1, 0.15) is 64.2 Å². The van der Waals surface area contributed by atoms with E-state index in [-0.39, 0.29) is 23.0 Å². The molecule has 1 aliphatic carbocycles. The first kappa shape index (κ1) is 19.9. The van der Waals surface area contributed by atoms with Gasteiger partial charge in [-0.15, -0.1) is 11.3 Å². The molecular weight excluding hydrogens is 412 g/mol. The van der Waals surface area contributed by atoms with Gasteiger partial charge in [-0.3, -0.25) is 9.59 Å². The zero-order chi connectivity index (χ0) is 21.4. The molecule has 0 atom stereocenters. The molecule has 31 heavy (non-hydrogen) atoms. The van der Waals surface area contributed by atoms with E-state index in [1.54, 1.807) is 35.6 Å². The lowest BCUT2D eigenvalue weighted by Gasteiger charge is -2.36. The van der Waals surface area contributed by atoms with E-state index < -0.39 is 17.8 Å². The predicted molar refractivity (Wildman–Crippen MR) is 116 cm³/mol. The molecule has 158 valence electrons. The maximum absolute atomic E-state index is 12.9. The van der Waals surface area contributed by atoms with Crippen molar-refractivity contribution >= 4 is 39.3 Å². The van der Waals surface area contributed by atoms with Gasteiger partial charge in [0, 0.05) is 6.42 Å². The van der Waals surface area contributed by atoms with Crippen LogP contribution in [-0.4, -0.2) is 27.8 Å². The normalized spacial score (nSPS) is 17.7. The fourth-order valence-electron chi connectivity index (χ4n) is 4.72. The molecule has 7 heteroatoms. The number of hydrogen-bond acceptors (Lipinski definition) is 6. The van der Waals surface area contributed by atoms with Crippen molar-refractivity contribution in [2.75, 3.05) is 0 Å². The number of hydrogen-bond donors (Lipinski definition) is 0. The number of benzene rings is 2. The lowest BCUT2D eigenvalue weighted by molar-refractivity contribution is -0.172. The van der Waals surface area contributed by atoms with E-state index in [2.05, 4.69) is 6.07 Å². The van der Waals surface area contributed by atoms with E-state index in [1.807, 2.05) is 18.2 Å². The molecule has 5 rings (SSSR count). The molecule has 0 spiro atoms. The van der Waals surface area contributed by atoms with Gasteiger partial charge in [0.05, 0.1) is 32.8 Å². The highest BCUT2D eigenvalue weighted by molar-refractivity contribution is 7.18. The highest BCUT2D eigenvalue weighted by atomic mass is 32.1. The van der Waals surface area contributed by atoms with Crippen molar-refractivity contribution in [2.24, 2.45) is 5.41 Å². The van der Waals surface area contributed by atoms with Crippen molar-refractivity contribution in [2.45, 2.75) is 44.9 Å². The Balaban J connectivity index is 1.33. The summed E-state index contributed by atoms with van der Waals surface area (Å²) >= 11 is 1.66. The van der Waals surface area contributed by atoms with Crippen LogP contribution in [0.3, 0.4) is 0 Å². The van der Waals surface area contributed by atoms with E-state index in [4.69, 9.17) is 9.82 Å². The summed E-state index contributed by atoms with van der Waals surface area (Å²) in [7, 11) is 0. The predicted octanol–water partition coefficient (Wildman–Crippen LogP) is 4.93. The van der Waals surface area contributed by atoms with E-state index in [1.165, 1.54) is 0 Å². The molecule has 2 aliphatic rings. The van der Waals surface area contributed by atoms with Crippen molar-refractivity contribution < 1.29 is 19.2 Å². The van der Waals surface area contributed by atoms with Crippen LogP contribution in [-0.2, 0) is 16.1 Å². The summed E-state index contributed by atoms with van der Waals surface area (Å²) in [5.74, 6) is -1.71. The largest absolute Gasteiger partial charge is 0.333 e. The first-order valence-corrected chi connectivity index (χ1v) is 11.4. The van der Waals surface area contributed by atoms with Crippen molar-refractivity contribution in [1.29, 1.82) is 0 Å². The van der Waals surface area contributed by atoms with Gasteiger partial charge >= 0.3 is 5.97 Å². The lowest BCUT2D eigenvalue weighted by Crippen LogP contribution is -2.36. The third-order valence-corrected chi connectivity index (χ3v) is 7.28. The number of hydroxylamine groups is 2. The molecule has 0 bridgehead atoms. The van der Waals surface area contributed by atoms with Crippen molar-refractivity contribution in [3.05, 3.63) is 64.7 Å². The van der Waals surface area contributed by atoms with Crippen LogP contribution in [0.2, 0.25) is 0 Å². The maximum Gasteiger partial charge on any atom is 0.333 e. The van der Waals surface area contributed by atoms with E-state index in [0.717, 1.165) is 47.3 Å². The molecule has 1 fully saturated rings. The SMILES string of the molecule is O=C(CC1(Cc2nc3ccccc3s2)CCCCC1)ON1C(=O)c2ccccc2C1=O. The van der Waals surface area contributed by atoms with Crippen molar-refractivity contribution in [3.63, 3.8) is 0 Å². The standard InChI is InChI=1S/C24H22N2O4S/c27-21(30-26-22(28)16-8-2-3-9-17(16)23(26)29)15-24(12-6-1-7-13-24)14-20-25-18-10-4-5-11-19(18)31-20/h2-5,8-11H,1,6-7,12-15H2. The quantitative estimate of drug-likeness (QED) is 0.532. The van der Waals surface area contributed by atoms with Crippen LogP contribution in [0.5, 0.6) is 0 Å². The number of carbonyl (C=O) groups is 3. The Morgan fingerprint density at radius 3 is 2.29 bits per heavy atom. The number of amides is 2. The molecule has 3 aromatic rings. The van der Waals surface area contributed by atoms with Gasteiger partial charge in [0.1, 0.15) is 0 Å². The Labute approximate surface area is 183 Å². The number of para-hydroxylation sites is 1. The zero-order valence-electron chi connectivity index (χ0n) is 17.0. The molecule has 0 saturated heterocycles. The topological polar surface area (TPSA) is 76.6 Å². The molecule has 2 aromatic carbocycles. The molecular formula is C24H22N2O4S. The molecule has 2 amide bonds. The minimum Gasteiger partial charge on any atom is -0.330 e. The molecule has 1 aliphatic heterocycles. The van der Waals surface area contributed by atoms with Gasteiger partial charge in [-0.2, -0.15) is 0 Å². The minimum atomic E-state index is -0.585. The number of thiazole rings is 1. The molecule has 0 radical (unpaired) electrons. The average Bonchev–Trinajstić information content (AvgIpc) is 3.28. The summed E-state index contributed by atoms with van der Waals surface area (Å²) in [6.07, 6.45) is 5.91. The second kappa shape index (κ2) is 7.89. The number of fused-ring (bicyclic) bond motifs is 2.